The van der Waals surface area contributed by atoms with Gasteiger partial charge in [0.05, 0.1) is 24.7 Å². The predicted molar refractivity (Wildman–Crippen MR) is 135 cm³/mol. The van der Waals surface area contributed by atoms with Crippen molar-refractivity contribution >= 4 is 34.3 Å². The lowest BCUT2D eigenvalue weighted by Gasteiger charge is -2.14. The Morgan fingerprint density at radius 3 is 2.66 bits per heavy atom. The molecule has 1 saturated carbocycles. The highest BCUT2D eigenvalue weighted by Crippen LogP contribution is 2.34. The van der Waals surface area contributed by atoms with Gasteiger partial charge in [0.15, 0.2) is 5.69 Å². The maximum absolute atomic E-state index is 13.0. The van der Waals surface area contributed by atoms with Crippen LogP contribution in [0.2, 0.25) is 0 Å². The van der Waals surface area contributed by atoms with Crippen LogP contribution in [0, 0.1) is 0 Å². The topological polar surface area (TPSA) is 94.5 Å². The van der Waals surface area contributed by atoms with Gasteiger partial charge in [-0.25, -0.2) is 9.78 Å². The van der Waals surface area contributed by atoms with Crippen molar-refractivity contribution in [3.05, 3.63) is 53.9 Å². The van der Waals surface area contributed by atoms with Gasteiger partial charge in [-0.1, -0.05) is 43.2 Å². The van der Waals surface area contributed by atoms with Gasteiger partial charge in [0.2, 0.25) is 0 Å². The van der Waals surface area contributed by atoms with E-state index in [4.69, 9.17) is 14.5 Å². The number of carbonyl (C=O) groups excluding carboxylic acids is 2. The Labute approximate surface area is 205 Å². The van der Waals surface area contributed by atoms with Gasteiger partial charge in [-0.2, -0.15) is 0 Å². The number of pyridine rings is 1. The zero-order chi connectivity index (χ0) is 24.2. The standard InChI is InChI=1S/C27H32N4O4/c1-34-27(33)24-23(30-26(32)22-12-7-15-35-22)21-16-20(29-19-10-5-6-11-19)17-28-25(21)31(24)14-13-18-8-3-2-4-9-18/h2-4,8-9,16-17,19,22,29H,5-7,10-15H2,1H3,(H,30,32). The van der Waals surface area contributed by atoms with Crippen LogP contribution in [0.1, 0.15) is 54.6 Å². The summed E-state index contributed by atoms with van der Waals surface area (Å²) in [7, 11) is 1.35. The molecule has 0 spiro atoms. The third kappa shape index (κ3) is 5.03. The first-order valence-corrected chi connectivity index (χ1v) is 12.5. The Balaban J connectivity index is 1.56. The molecule has 8 heteroatoms. The third-order valence-corrected chi connectivity index (χ3v) is 6.94. The number of nitrogens with one attached hydrogen (secondary N) is 2. The third-order valence-electron chi connectivity index (χ3n) is 6.94. The number of rotatable bonds is 8. The van der Waals surface area contributed by atoms with Gasteiger partial charge >= 0.3 is 5.97 Å². The molecule has 1 saturated heterocycles. The van der Waals surface area contributed by atoms with Gasteiger partial charge in [0, 0.05) is 24.6 Å². The van der Waals surface area contributed by atoms with Crippen molar-refractivity contribution in [2.24, 2.45) is 0 Å². The lowest BCUT2D eigenvalue weighted by molar-refractivity contribution is -0.124. The zero-order valence-electron chi connectivity index (χ0n) is 20.1. The van der Waals surface area contributed by atoms with Gasteiger partial charge in [0.1, 0.15) is 11.8 Å². The molecule has 2 aliphatic rings. The predicted octanol–water partition coefficient (Wildman–Crippen LogP) is 4.54. The highest BCUT2D eigenvalue weighted by atomic mass is 16.5. The smallest absolute Gasteiger partial charge is 0.356 e. The second-order valence-corrected chi connectivity index (χ2v) is 9.31. The second kappa shape index (κ2) is 10.5. The number of amides is 1. The summed E-state index contributed by atoms with van der Waals surface area (Å²) >= 11 is 0. The Morgan fingerprint density at radius 1 is 1.14 bits per heavy atom. The van der Waals surface area contributed by atoms with Crippen molar-refractivity contribution in [3.8, 4) is 0 Å². The fraction of sp³-hybridized carbons (Fsp3) is 0.444. The Hall–Kier alpha value is -3.39. The molecule has 2 N–H and O–H groups in total. The van der Waals surface area contributed by atoms with Gasteiger partial charge in [-0.3, -0.25) is 4.79 Å². The number of carbonyl (C=O) groups is 2. The minimum atomic E-state index is -0.518. The van der Waals surface area contributed by atoms with E-state index in [1.54, 1.807) is 0 Å². The van der Waals surface area contributed by atoms with E-state index in [0.29, 0.717) is 54.4 Å². The van der Waals surface area contributed by atoms with Crippen LogP contribution >= 0.6 is 0 Å². The molecule has 1 unspecified atom stereocenters. The molecule has 1 atom stereocenters. The van der Waals surface area contributed by atoms with Crippen molar-refractivity contribution in [2.45, 2.75) is 63.6 Å². The monoisotopic (exact) mass is 476 g/mol. The number of fused-ring (bicyclic) bond motifs is 1. The number of benzene rings is 1. The van der Waals surface area contributed by atoms with Crippen LogP contribution in [0.15, 0.2) is 42.6 Å². The van der Waals surface area contributed by atoms with E-state index in [2.05, 4.69) is 22.8 Å². The van der Waals surface area contributed by atoms with Crippen molar-refractivity contribution in [3.63, 3.8) is 0 Å². The molecule has 2 fully saturated rings. The SMILES string of the molecule is COC(=O)c1c(NC(=O)C2CCCO2)c2cc(NC3CCCC3)cnc2n1CCc1ccccc1. The molecule has 1 aliphatic carbocycles. The number of ether oxygens (including phenoxy) is 2. The Kier molecular flexibility index (Phi) is 6.99. The van der Waals surface area contributed by atoms with Crippen LogP contribution in [-0.4, -0.2) is 47.3 Å². The van der Waals surface area contributed by atoms with E-state index >= 15 is 0 Å². The minimum absolute atomic E-state index is 0.246. The molecular weight excluding hydrogens is 444 g/mol. The number of aryl methyl sites for hydroxylation is 2. The molecule has 35 heavy (non-hydrogen) atoms. The van der Waals surface area contributed by atoms with Crippen molar-refractivity contribution in [1.29, 1.82) is 0 Å². The second-order valence-electron chi connectivity index (χ2n) is 9.31. The minimum Gasteiger partial charge on any atom is -0.464 e. The summed E-state index contributed by atoms with van der Waals surface area (Å²) in [6, 6.07) is 12.5. The number of anilines is 2. The molecule has 2 aromatic heterocycles. The largest absolute Gasteiger partial charge is 0.464 e. The lowest BCUT2D eigenvalue weighted by Crippen LogP contribution is -2.28. The molecule has 3 aromatic rings. The number of aromatic nitrogens is 2. The Bertz CT molecular complexity index is 1190. The first-order valence-electron chi connectivity index (χ1n) is 12.5. The maximum Gasteiger partial charge on any atom is 0.356 e. The number of nitrogens with zero attached hydrogens (tertiary/aromatic N) is 2. The van der Waals surface area contributed by atoms with E-state index in [0.717, 1.165) is 30.5 Å². The summed E-state index contributed by atoms with van der Waals surface area (Å²) in [6.07, 6.45) is 8.21. The highest BCUT2D eigenvalue weighted by molar-refractivity contribution is 6.12. The molecule has 1 aromatic carbocycles. The molecule has 5 rings (SSSR count). The zero-order valence-corrected chi connectivity index (χ0v) is 20.1. The fourth-order valence-electron chi connectivity index (χ4n) is 5.14. The first-order chi connectivity index (χ1) is 17.1. The van der Waals surface area contributed by atoms with E-state index in [1.807, 2.05) is 35.0 Å². The first kappa shape index (κ1) is 23.4. The quantitative estimate of drug-likeness (QED) is 0.464. The summed E-state index contributed by atoms with van der Waals surface area (Å²) in [5.74, 6) is -0.757. The molecule has 8 nitrogen and oxygen atoms in total. The fourth-order valence-corrected chi connectivity index (χ4v) is 5.14. The molecule has 0 bridgehead atoms. The van der Waals surface area contributed by atoms with Gasteiger partial charge in [-0.15, -0.1) is 0 Å². The summed E-state index contributed by atoms with van der Waals surface area (Å²) in [5, 5.41) is 7.29. The van der Waals surface area contributed by atoms with E-state index in [-0.39, 0.29) is 5.91 Å². The molecular formula is C27H32N4O4. The summed E-state index contributed by atoms with van der Waals surface area (Å²) in [6.45, 7) is 1.08. The van der Waals surface area contributed by atoms with Crippen LogP contribution in [0.4, 0.5) is 11.4 Å². The summed E-state index contributed by atoms with van der Waals surface area (Å²) in [4.78, 5) is 30.8. The molecule has 1 amide bonds. The lowest BCUT2D eigenvalue weighted by atomic mass is 10.1. The van der Waals surface area contributed by atoms with Crippen molar-refractivity contribution < 1.29 is 19.1 Å². The van der Waals surface area contributed by atoms with Gasteiger partial charge in [-0.05, 0) is 43.7 Å². The molecule has 184 valence electrons. The van der Waals surface area contributed by atoms with Crippen LogP contribution < -0.4 is 10.6 Å². The Morgan fingerprint density at radius 2 is 1.94 bits per heavy atom. The number of methoxy groups -OCH3 is 1. The van der Waals surface area contributed by atoms with Crippen LogP contribution in [0.25, 0.3) is 11.0 Å². The van der Waals surface area contributed by atoms with Crippen LogP contribution in [-0.2, 0) is 27.2 Å². The van der Waals surface area contributed by atoms with E-state index in [9.17, 15) is 9.59 Å². The highest BCUT2D eigenvalue weighted by Gasteiger charge is 2.30. The van der Waals surface area contributed by atoms with E-state index in [1.165, 1.54) is 20.0 Å². The maximum atomic E-state index is 13.0. The van der Waals surface area contributed by atoms with Crippen molar-refractivity contribution in [1.82, 2.24) is 9.55 Å². The van der Waals surface area contributed by atoms with Crippen LogP contribution in [0.3, 0.4) is 0 Å². The average molecular weight is 477 g/mol. The average Bonchev–Trinajstić information content (AvgIpc) is 3.65. The number of esters is 1. The normalized spacial score (nSPS) is 18.1. The molecule has 0 radical (unpaired) electrons. The number of hydrogen-bond donors (Lipinski definition) is 2. The molecule has 1 aliphatic heterocycles. The number of hydrogen-bond acceptors (Lipinski definition) is 6. The summed E-state index contributed by atoms with van der Waals surface area (Å²) < 4.78 is 12.6. The molecule has 3 heterocycles. The van der Waals surface area contributed by atoms with Crippen molar-refractivity contribution in [2.75, 3.05) is 24.4 Å². The summed E-state index contributed by atoms with van der Waals surface area (Å²) in [5.41, 5.74) is 3.41. The van der Waals surface area contributed by atoms with E-state index < -0.39 is 12.1 Å². The van der Waals surface area contributed by atoms with Gasteiger partial charge < -0.3 is 24.7 Å². The van der Waals surface area contributed by atoms with Gasteiger partial charge in [0.25, 0.3) is 5.91 Å². The van der Waals surface area contributed by atoms with Crippen LogP contribution in [0.5, 0.6) is 0 Å².